The minimum Gasteiger partial charge on any atom is -0.493 e. The first kappa shape index (κ1) is 21.2. The van der Waals surface area contributed by atoms with Gasteiger partial charge in [-0.3, -0.25) is 20.2 Å². The summed E-state index contributed by atoms with van der Waals surface area (Å²) in [7, 11) is 4.32. The zero-order valence-electron chi connectivity index (χ0n) is 15.1. The highest BCUT2D eigenvalue weighted by atomic mass is 35.5. The summed E-state index contributed by atoms with van der Waals surface area (Å²) in [6.07, 6.45) is 0. The summed E-state index contributed by atoms with van der Waals surface area (Å²) in [4.78, 5) is 22.7. The van der Waals surface area contributed by atoms with Crippen LogP contribution >= 0.6 is 23.8 Å². The molecule has 2 aromatic rings. The Morgan fingerprint density at radius 3 is 2.18 bits per heavy atom. The second-order valence-corrected chi connectivity index (χ2v) is 6.06. The van der Waals surface area contributed by atoms with Crippen molar-refractivity contribution in [1.82, 2.24) is 5.32 Å². The molecule has 11 heteroatoms. The van der Waals surface area contributed by atoms with Crippen molar-refractivity contribution in [1.29, 1.82) is 0 Å². The van der Waals surface area contributed by atoms with Crippen molar-refractivity contribution in [2.45, 2.75) is 0 Å². The average Bonchev–Trinajstić information content (AvgIpc) is 2.67. The van der Waals surface area contributed by atoms with Crippen LogP contribution in [0.3, 0.4) is 0 Å². The number of benzene rings is 2. The second kappa shape index (κ2) is 9.20. The Kier molecular flexibility index (Phi) is 6.96. The van der Waals surface area contributed by atoms with E-state index < -0.39 is 10.8 Å². The summed E-state index contributed by atoms with van der Waals surface area (Å²) in [5.41, 5.74) is 0.360. The van der Waals surface area contributed by atoms with Crippen molar-refractivity contribution in [2.75, 3.05) is 26.6 Å². The molecule has 0 aliphatic heterocycles. The van der Waals surface area contributed by atoms with Crippen LogP contribution in [0.4, 0.5) is 11.4 Å². The van der Waals surface area contributed by atoms with E-state index in [9.17, 15) is 14.9 Å². The average molecular weight is 426 g/mol. The number of carbonyl (C=O) groups is 1. The van der Waals surface area contributed by atoms with Crippen LogP contribution in [-0.2, 0) is 0 Å². The molecule has 0 bridgehead atoms. The van der Waals surface area contributed by atoms with E-state index in [1.165, 1.54) is 51.7 Å². The molecule has 0 heterocycles. The van der Waals surface area contributed by atoms with Gasteiger partial charge in [-0.2, -0.15) is 0 Å². The predicted octanol–water partition coefficient (Wildman–Crippen LogP) is 3.40. The van der Waals surface area contributed by atoms with Gasteiger partial charge in [0.2, 0.25) is 5.75 Å². The molecule has 2 aromatic carbocycles. The quantitative estimate of drug-likeness (QED) is 0.411. The molecule has 0 aliphatic rings. The number of anilines is 1. The minimum atomic E-state index is -0.569. The van der Waals surface area contributed by atoms with Gasteiger partial charge in [0.15, 0.2) is 16.6 Å². The molecular weight excluding hydrogens is 410 g/mol. The van der Waals surface area contributed by atoms with Crippen molar-refractivity contribution in [2.24, 2.45) is 0 Å². The van der Waals surface area contributed by atoms with E-state index in [4.69, 9.17) is 38.0 Å². The number of rotatable bonds is 6. The Bertz CT molecular complexity index is 912. The van der Waals surface area contributed by atoms with Crippen LogP contribution in [-0.4, -0.2) is 37.3 Å². The Morgan fingerprint density at radius 2 is 1.71 bits per heavy atom. The van der Waals surface area contributed by atoms with Crippen LogP contribution < -0.4 is 24.8 Å². The van der Waals surface area contributed by atoms with E-state index in [0.717, 1.165) is 0 Å². The predicted molar refractivity (Wildman–Crippen MR) is 108 cm³/mol. The van der Waals surface area contributed by atoms with Gasteiger partial charge in [0.25, 0.3) is 11.6 Å². The fourth-order valence-corrected chi connectivity index (χ4v) is 2.68. The van der Waals surface area contributed by atoms with Gasteiger partial charge in [0, 0.05) is 17.7 Å². The Balaban J connectivity index is 2.16. The molecule has 2 N–H and O–H groups in total. The van der Waals surface area contributed by atoms with Gasteiger partial charge in [-0.25, -0.2) is 0 Å². The maximum atomic E-state index is 12.5. The lowest BCUT2D eigenvalue weighted by atomic mass is 10.1. The number of nitro benzene ring substituents is 1. The Labute approximate surface area is 170 Å². The summed E-state index contributed by atoms with van der Waals surface area (Å²) < 4.78 is 15.6. The first-order chi connectivity index (χ1) is 13.3. The number of non-ortho nitro benzene ring substituents is 1. The van der Waals surface area contributed by atoms with E-state index >= 15 is 0 Å². The maximum absolute atomic E-state index is 12.5. The highest BCUT2D eigenvalue weighted by Gasteiger charge is 2.18. The number of carbonyl (C=O) groups excluding carboxylic acids is 1. The summed E-state index contributed by atoms with van der Waals surface area (Å²) >= 11 is 11.1. The van der Waals surface area contributed by atoms with Gasteiger partial charge in [0.05, 0.1) is 37.0 Å². The number of ether oxygens (including phenoxy) is 3. The highest BCUT2D eigenvalue weighted by molar-refractivity contribution is 7.80. The monoisotopic (exact) mass is 425 g/mol. The van der Waals surface area contributed by atoms with Crippen molar-refractivity contribution in [3.8, 4) is 17.2 Å². The molecule has 148 valence electrons. The fourth-order valence-electron chi connectivity index (χ4n) is 2.26. The smallest absolute Gasteiger partial charge is 0.271 e. The van der Waals surface area contributed by atoms with Gasteiger partial charge in [0.1, 0.15) is 0 Å². The second-order valence-electron chi connectivity index (χ2n) is 5.24. The highest BCUT2D eigenvalue weighted by Crippen LogP contribution is 2.38. The molecule has 0 aromatic heterocycles. The standard InChI is InChI=1S/C17H16ClN3O6S/c1-25-13-6-9(7-14(26-2)15(13)27-3)16(22)20-17(28)19-12-5-4-10(21(23)24)8-11(12)18/h4-8H,1-3H3,(H2,19,20,22,28). The largest absolute Gasteiger partial charge is 0.493 e. The number of nitrogens with one attached hydrogen (secondary N) is 2. The topological polar surface area (TPSA) is 112 Å². The first-order valence-corrected chi connectivity index (χ1v) is 8.45. The third kappa shape index (κ3) is 4.78. The molecule has 2 rings (SSSR count). The lowest BCUT2D eigenvalue weighted by Gasteiger charge is -2.15. The molecule has 28 heavy (non-hydrogen) atoms. The van der Waals surface area contributed by atoms with E-state index in [0.29, 0.717) is 22.9 Å². The number of amides is 1. The molecule has 0 unspecified atom stereocenters. The van der Waals surface area contributed by atoms with Crippen LogP contribution in [0.1, 0.15) is 10.4 Å². The Morgan fingerprint density at radius 1 is 1.11 bits per heavy atom. The minimum absolute atomic E-state index is 0.0468. The molecule has 0 atom stereocenters. The molecule has 0 radical (unpaired) electrons. The zero-order chi connectivity index (χ0) is 20.8. The number of hydrogen-bond donors (Lipinski definition) is 2. The number of thiocarbonyl (C=S) groups is 1. The zero-order valence-corrected chi connectivity index (χ0v) is 16.6. The molecule has 0 fully saturated rings. The summed E-state index contributed by atoms with van der Waals surface area (Å²) in [5, 5.41) is 16.0. The SMILES string of the molecule is COc1cc(C(=O)NC(=S)Nc2ccc([N+](=O)[O-])cc2Cl)cc(OC)c1OC. The number of halogens is 1. The Hall–Kier alpha value is -3.11. The van der Waals surface area contributed by atoms with Gasteiger partial charge in [-0.05, 0) is 30.4 Å². The third-order valence-corrected chi connectivity index (χ3v) is 4.08. The van der Waals surface area contributed by atoms with Crippen LogP contribution in [0.2, 0.25) is 5.02 Å². The van der Waals surface area contributed by atoms with E-state index in [2.05, 4.69) is 10.6 Å². The van der Waals surface area contributed by atoms with Gasteiger partial charge in [-0.15, -0.1) is 0 Å². The lowest BCUT2D eigenvalue weighted by molar-refractivity contribution is -0.384. The van der Waals surface area contributed by atoms with Gasteiger partial charge >= 0.3 is 0 Å². The summed E-state index contributed by atoms with van der Waals surface area (Å²) in [6, 6.07) is 6.76. The number of nitro groups is 1. The van der Waals surface area contributed by atoms with Gasteiger partial charge in [-0.1, -0.05) is 11.6 Å². The molecule has 0 spiro atoms. The number of methoxy groups -OCH3 is 3. The number of nitrogens with zero attached hydrogens (tertiary/aromatic N) is 1. The third-order valence-electron chi connectivity index (χ3n) is 3.57. The summed E-state index contributed by atoms with van der Waals surface area (Å²) in [5.74, 6) is 0.434. The van der Waals surface area contributed by atoms with Crippen molar-refractivity contribution >= 4 is 46.2 Å². The van der Waals surface area contributed by atoms with Crippen LogP contribution in [0.5, 0.6) is 17.2 Å². The van der Waals surface area contributed by atoms with Crippen molar-refractivity contribution < 1.29 is 23.9 Å². The maximum Gasteiger partial charge on any atom is 0.271 e. The summed E-state index contributed by atoms with van der Waals surface area (Å²) in [6.45, 7) is 0. The van der Waals surface area contributed by atoms with Crippen LogP contribution in [0.15, 0.2) is 30.3 Å². The molecule has 0 saturated carbocycles. The fraction of sp³-hybridized carbons (Fsp3) is 0.176. The van der Waals surface area contributed by atoms with Crippen molar-refractivity contribution in [3.63, 3.8) is 0 Å². The molecule has 0 aliphatic carbocycles. The van der Waals surface area contributed by atoms with Crippen LogP contribution in [0, 0.1) is 10.1 Å². The lowest BCUT2D eigenvalue weighted by Crippen LogP contribution is -2.34. The van der Waals surface area contributed by atoms with E-state index in [1.54, 1.807) is 0 Å². The molecule has 9 nitrogen and oxygen atoms in total. The van der Waals surface area contributed by atoms with E-state index in [1.807, 2.05) is 0 Å². The van der Waals surface area contributed by atoms with E-state index in [-0.39, 0.29) is 21.4 Å². The number of hydrogen-bond acceptors (Lipinski definition) is 7. The normalized spacial score (nSPS) is 10.0. The van der Waals surface area contributed by atoms with Crippen LogP contribution in [0.25, 0.3) is 0 Å². The van der Waals surface area contributed by atoms with Gasteiger partial charge < -0.3 is 19.5 Å². The van der Waals surface area contributed by atoms with Crippen molar-refractivity contribution in [3.05, 3.63) is 51.0 Å². The molecule has 1 amide bonds. The first-order valence-electron chi connectivity index (χ1n) is 7.67. The molecule has 0 saturated heterocycles. The molecular formula is C17H16ClN3O6S.